The molecule has 0 radical (unpaired) electrons. The number of hydroxylamine groups is 2. The highest BCUT2D eigenvalue weighted by atomic mass is 16.7. The number of nitrogens with two attached hydrogens (primary N) is 1. The highest BCUT2D eigenvalue weighted by molar-refractivity contribution is 5.86. The van der Waals surface area contributed by atoms with Crippen molar-refractivity contribution >= 4 is 35.1 Å². The molecule has 204 valence electrons. The molecule has 10 nitrogen and oxygen atoms in total. The first-order chi connectivity index (χ1) is 18.4. The molecule has 2 N–H and O–H groups in total. The van der Waals surface area contributed by atoms with Crippen molar-refractivity contribution in [1.82, 2.24) is 14.9 Å². The molecule has 0 spiro atoms. The van der Waals surface area contributed by atoms with Gasteiger partial charge in [-0.3, -0.25) is 19.2 Å². The summed E-state index contributed by atoms with van der Waals surface area (Å²) in [6.45, 7) is 2.05. The maximum atomic E-state index is 13.4. The Morgan fingerprint density at radius 3 is 2.61 bits per heavy atom. The third-order valence-corrected chi connectivity index (χ3v) is 7.24. The molecule has 1 heterocycles. The molecule has 1 aliphatic carbocycles. The van der Waals surface area contributed by atoms with Crippen LogP contribution in [0.1, 0.15) is 51.0 Å². The zero-order valence-corrected chi connectivity index (χ0v) is 21.8. The van der Waals surface area contributed by atoms with Crippen LogP contribution in [-0.4, -0.2) is 71.1 Å². The van der Waals surface area contributed by atoms with Crippen LogP contribution in [0.2, 0.25) is 0 Å². The van der Waals surface area contributed by atoms with Gasteiger partial charge >= 0.3 is 6.09 Å². The first-order valence-corrected chi connectivity index (χ1v) is 13.2. The number of fused-ring (bicyclic) bond motifs is 1. The normalized spacial score (nSPS) is 19.3. The third-order valence-electron chi connectivity index (χ3n) is 7.24. The molecule has 38 heavy (non-hydrogen) atoms. The van der Waals surface area contributed by atoms with Gasteiger partial charge in [0.2, 0.25) is 18.2 Å². The molecule has 10 heteroatoms. The lowest BCUT2D eigenvalue weighted by Gasteiger charge is -2.44. The number of piperazine rings is 1. The van der Waals surface area contributed by atoms with E-state index in [2.05, 4.69) is 0 Å². The van der Waals surface area contributed by atoms with Gasteiger partial charge in [0, 0.05) is 6.54 Å². The second-order valence-electron chi connectivity index (χ2n) is 10.2. The number of primary amides is 1. The number of nitrogens with zero attached hydrogens (tertiary/aromatic N) is 3. The molecular weight excluding hydrogens is 488 g/mol. The van der Waals surface area contributed by atoms with Gasteiger partial charge in [0.15, 0.2) is 6.17 Å². The Morgan fingerprint density at radius 1 is 1.13 bits per heavy atom. The Hall–Kier alpha value is -3.66. The summed E-state index contributed by atoms with van der Waals surface area (Å²) in [7, 11) is 0. The molecule has 2 aromatic carbocycles. The molecule has 4 rings (SSSR count). The number of carbonyl (C=O) groups excluding carboxylic acids is 4. The SMILES string of the molecule is CC(CC(N)=O)ON(C(=O)OCc1cccc2ccccc12)C1CN(CC2CCCCC2)C(=O)CN1C=O. The smallest absolute Gasteiger partial charge is 0.436 e. The van der Waals surface area contributed by atoms with Crippen LogP contribution in [0.15, 0.2) is 42.5 Å². The number of benzene rings is 2. The van der Waals surface area contributed by atoms with Crippen molar-refractivity contribution in [3.63, 3.8) is 0 Å². The second kappa shape index (κ2) is 12.7. The predicted molar refractivity (Wildman–Crippen MR) is 140 cm³/mol. The second-order valence-corrected chi connectivity index (χ2v) is 10.2. The average Bonchev–Trinajstić information content (AvgIpc) is 2.91. The zero-order valence-electron chi connectivity index (χ0n) is 21.8. The van der Waals surface area contributed by atoms with Gasteiger partial charge < -0.3 is 20.3 Å². The van der Waals surface area contributed by atoms with Crippen LogP contribution in [0, 0.1) is 5.92 Å². The Balaban J connectivity index is 1.53. The molecule has 2 unspecified atom stereocenters. The van der Waals surface area contributed by atoms with Crippen molar-refractivity contribution in [2.75, 3.05) is 19.6 Å². The van der Waals surface area contributed by atoms with Crippen molar-refractivity contribution in [2.45, 2.75) is 64.3 Å². The number of hydrogen-bond acceptors (Lipinski definition) is 6. The summed E-state index contributed by atoms with van der Waals surface area (Å²) in [5.41, 5.74) is 6.15. The lowest BCUT2D eigenvalue weighted by atomic mass is 9.89. The van der Waals surface area contributed by atoms with Crippen LogP contribution in [0.5, 0.6) is 0 Å². The maximum absolute atomic E-state index is 13.4. The van der Waals surface area contributed by atoms with E-state index in [9.17, 15) is 19.2 Å². The zero-order chi connectivity index (χ0) is 27.1. The van der Waals surface area contributed by atoms with Crippen molar-refractivity contribution in [3.8, 4) is 0 Å². The van der Waals surface area contributed by atoms with Gasteiger partial charge in [0.25, 0.3) is 0 Å². The van der Waals surface area contributed by atoms with E-state index in [1.54, 1.807) is 11.8 Å². The Labute approximate surface area is 222 Å². The summed E-state index contributed by atoms with van der Waals surface area (Å²) in [6.07, 6.45) is 3.49. The summed E-state index contributed by atoms with van der Waals surface area (Å²) in [6, 6.07) is 13.5. The van der Waals surface area contributed by atoms with E-state index < -0.39 is 24.3 Å². The molecule has 1 saturated heterocycles. The quantitative estimate of drug-likeness (QED) is 0.376. The fourth-order valence-corrected chi connectivity index (χ4v) is 5.31. The molecule has 1 aliphatic heterocycles. The monoisotopic (exact) mass is 524 g/mol. The third kappa shape index (κ3) is 6.80. The van der Waals surface area contributed by atoms with E-state index >= 15 is 0 Å². The fourth-order valence-electron chi connectivity index (χ4n) is 5.31. The van der Waals surface area contributed by atoms with Gasteiger partial charge in [-0.25, -0.2) is 4.79 Å². The van der Waals surface area contributed by atoms with Gasteiger partial charge in [-0.1, -0.05) is 61.7 Å². The summed E-state index contributed by atoms with van der Waals surface area (Å²) in [5, 5.41) is 2.95. The van der Waals surface area contributed by atoms with Crippen molar-refractivity contribution in [1.29, 1.82) is 0 Å². The highest BCUT2D eigenvalue weighted by Crippen LogP contribution is 2.27. The van der Waals surface area contributed by atoms with Gasteiger partial charge in [-0.05, 0) is 42.0 Å². The number of rotatable bonds is 10. The lowest BCUT2D eigenvalue weighted by Crippen LogP contribution is -2.63. The van der Waals surface area contributed by atoms with E-state index in [4.69, 9.17) is 15.3 Å². The molecule has 4 amide bonds. The van der Waals surface area contributed by atoms with Gasteiger partial charge in [-0.15, -0.1) is 0 Å². The van der Waals surface area contributed by atoms with E-state index in [1.807, 2.05) is 42.5 Å². The fraction of sp³-hybridized carbons (Fsp3) is 0.500. The first-order valence-electron chi connectivity index (χ1n) is 13.2. The summed E-state index contributed by atoms with van der Waals surface area (Å²) in [5.74, 6) is -0.377. The largest absolute Gasteiger partial charge is 0.443 e. The van der Waals surface area contributed by atoms with Crippen LogP contribution < -0.4 is 5.73 Å². The van der Waals surface area contributed by atoms with E-state index in [0.29, 0.717) is 18.9 Å². The number of ether oxygens (including phenoxy) is 1. The molecule has 2 fully saturated rings. The van der Waals surface area contributed by atoms with Gasteiger partial charge in [0.1, 0.15) is 13.2 Å². The topological polar surface area (TPSA) is 122 Å². The molecule has 0 aromatic heterocycles. The highest BCUT2D eigenvalue weighted by Gasteiger charge is 2.40. The summed E-state index contributed by atoms with van der Waals surface area (Å²) >= 11 is 0. The minimum Gasteiger partial charge on any atom is -0.443 e. The molecule has 2 aromatic rings. The van der Waals surface area contributed by atoms with Crippen LogP contribution in [0.4, 0.5) is 4.79 Å². The Bertz CT molecular complexity index is 1150. The van der Waals surface area contributed by atoms with E-state index in [0.717, 1.165) is 47.1 Å². The minimum atomic E-state index is -0.913. The van der Waals surface area contributed by atoms with Crippen LogP contribution in [0.25, 0.3) is 10.8 Å². The molecule has 1 saturated carbocycles. The predicted octanol–water partition coefficient (Wildman–Crippen LogP) is 3.18. The molecule has 2 atom stereocenters. The maximum Gasteiger partial charge on any atom is 0.436 e. The molecule has 0 bridgehead atoms. The summed E-state index contributed by atoms with van der Waals surface area (Å²) < 4.78 is 5.66. The van der Waals surface area contributed by atoms with Crippen LogP contribution in [-0.2, 0) is 30.6 Å². The average molecular weight is 525 g/mol. The van der Waals surface area contributed by atoms with Gasteiger partial charge in [0.05, 0.1) is 19.1 Å². The number of carbonyl (C=O) groups is 4. The number of amides is 4. The van der Waals surface area contributed by atoms with Crippen molar-refractivity contribution in [3.05, 3.63) is 48.0 Å². The summed E-state index contributed by atoms with van der Waals surface area (Å²) in [4.78, 5) is 58.6. The first kappa shape index (κ1) is 27.4. The Morgan fingerprint density at radius 2 is 1.87 bits per heavy atom. The van der Waals surface area contributed by atoms with Crippen LogP contribution >= 0.6 is 0 Å². The Kier molecular flexibility index (Phi) is 9.17. The van der Waals surface area contributed by atoms with Crippen molar-refractivity contribution in [2.24, 2.45) is 11.7 Å². The molecule has 2 aliphatic rings. The van der Waals surface area contributed by atoms with Crippen molar-refractivity contribution < 1.29 is 28.8 Å². The van der Waals surface area contributed by atoms with E-state index in [1.165, 1.54) is 11.3 Å². The standard InChI is InChI=1S/C28H36N4O6/c1-20(14-25(29)34)38-32(28(36)37-18-23-12-7-11-22-10-5-6-13-24(22)23)26-16-30(27(35)17-31(26)19-33)15-21-8-3-2-4-9-21/h5-7,10-13,19-21,26H,2-4,8-9,14-18H2,1H3,(H2,29,34). The van der Waals surface area contributed by atoms with Gasteiger partial charge in [-0.2, -0.15) is 5.06 Å². The molecular formula is C28H36N4O6. The van der Waals surface area contributed by atoms with Crippen LogP contribution in [0.3, 0.4) is 0 Å². The minimum absolute atomic E-state index is 0.0250. The lowest BCUT2D eigenvalue weighted by molar-refractivity contribution is -0.227. The van der Waals surface area contributed by atoms with E-state index in [-0.39, 0.29) is 32.0 Å². The number of hydrogen-bond donors (Lipinski definition) is 1.